The monoisotopic (exact) mass is 436 g/mol. The van der Waals surface area contributed by atoms with Crippen LogP contribution in [0.4, 0.5) is 0 Å². The molecule has 32 heavy (non-hydrogen) atoms. The first-order valence-corrected chi connectivity index (χ1v) is 10.7. The molecule has 3 aromatic rings. The van der Waals surface area contributed by atoms with Crippen LogP contribution in [0.15, 0.2) is 66.7 Å². The van der Waals surface area contributed by atoms with Crippen LogP contribution < -0.4 is 23.7 Å². The summed E-state index contributed by atoms with van der Waals surface area (Å²) in [6.45, 7) is 7.37. The van der Waals surface area contributed by atoms with E-state index in [9.17, 15) is 4.79 Å². The lowest BCUT2D eigenvalue weighted by Crippen LogP contribution is -2.11. The van der Waals surface area contributed by atoms with E-state index in [1.807, 2.05) is 51.1 Å². The van der Waals surface area contributed by atoms with Gasteiger partial charge < -0.3 is 23.7 Å². The van der Waals surface area contributed by atoms with Crippen molar-refractivity contribution in [3.8, 4) is 28.7 Å². The van der Waals surface area contributed by atoms with Gasteiger partial charge in [-0.2, -0.15) is 0 Å². The summed E-state index contributed by atoms with van der Waals surface area (Å²) in [5.41, 5.74) is 1.39. The topological polar surface area (TPSA) is 63.2 Å². The van der Waals surface area contributed by atoms with Crippen LogP contribution in [0.3, 0.4) is 0 Å². The Balaban J connectivity index is 1.71. The Morgan fingerprint density at radius 3 is 1.81 bits per heavy atom. The van der Waals surface area contributed by atoms with Crippen molar-refractivity contribution in [2.75, 3.05) is 19.8 Å². The molecule has 0 fully saturated rings. The van der Waals surface area contributed by atoms with Gasteiger partial charge in [0.2, 0.25) is 5.75 Å². The number of hydrogen-bond acceptors (Lipinski definition) is 6. The fraction of sp³-hybridized carbons (Fsp3) is 0.269. The Labute approximate surface area is 188 Å². The summed E-state index contributed by atoms with van der Waals surface area (Å²) < 4.78 is 28.3. The lowest BCUT2D eigenvalue weighted by atomic mass is 10.1. The lowest BCUT2D eigenvalue weighted by Gasteiger charge is -2.16. The van der Waals surface area contributed by atoms with Gasteiger partial charge in [-0.25, -0.2) is 4.79 Å². The molecule has 0 N–H and O–H groups in total. The first kappa shape index (κ1) is 23.0. The van der Waals surface area contributed by atoms with E-state index in [0.717, 1.165) is 5.56 Å². The minimum absolute atomic E-state index is 0.310. The third-order valence-electron chi connectivity index (χ3n) is 4.43. The van der Waals surface area contributed by atoms with E-state index < -0.39 is 5.97 Å². The second kappa shape index (κ2) is 11.6. The zero-order valence-electron chi connectivity index (χ0n) is 18.6. The van der Waals surface area contributed by atoms with Crippen LogP contribution in [-0.2, 0) is 6.61 Å². The number of ether oxygens (including phenoxy) is 5. The molecule has 6 heteroatoms. The highest BCUT2D eigenvalue weighted by atomic mass is 16.5. The maximum atomic E-state index is 12.8. The summed E-state index contributed by atoms with van der Waals surface area (Å²) in [6, 6.07) is 20.0. The van der Waals surface area contributed by atoms with Gasteiger partial charge in [-0.3, -0.25) is 0 Å². The predicted octanol–water partition coefficient (Wildman–Crippen LogP) is 5.68. The third-order valence-corrected chi connectivity index (χ3v) is 4.43. The third kappa shape index (κ3) is 6.17. The number of carbonyl (C=O) groups excluding carboxylic acids is 1. The summed E-state index contributed by atoms with van der Waals surface area (Å²) in [5.74, 6) is 1.94. The molecule has 0 aliphatic carbocycles. The van der Waals surface area contributed by atoms with Gasteiger partial charge in [-0.05, 0) is 62.7 Å². The minimum atomic E-state index is -0.520. The summed E-state index contributed by atoms with van der Waals surface area (Å²) in [5, 5.41) is 0. The number of esters is 1. The van der Waals surface area contributed by atoms with Gasteiger partial charge >= 0.3 is 5.97 Å². The van der Waals surface area contributed by atoms with E-state index >= 15 is 0 Å². The molecule has 0 saturated heterocycles. The Morgan fingerprint density at radius 2 is 1.25 bits per heavy atom. The van der Waals surface area contributed by atoms with Crippen LogP contribution in [0.5, 0.6) is 28.7 Å². The molecule has 0 radical (unpaired) electrons. The molecule has 0 amide bonds. The Hall–Kier alpha value is -3.67. The molecule has 0 atom stereocenters. The Kier molecular flexibility index (Phi) is 8.37. The van der Waals surface area contributed by atoms with Crippen molar-refractivity contribution >= 4 is 5.97 Å². The highest BCUT2D eigenvalue weighted by Crippen LogP contribution is 2.39. The number of rotatable bonds is 11. The normalized spacial score (nSPS) is 10.3. The fourth-order valence-corrected chi connectivity index (χ4v) is 3.02. The van der Waals surface area contributed by atoms with Crippen LogP contribution in [-0.4, -0.2) is 25.8 Å². The van der Waals surface area contributed by atoms with E-state index in [1.165, 1.54) is 0 Å². The first-order chi connectivity index (χ1) is 15.6. The van der Waals surface area contributed by atoms with Gasteiger partial charge in [0, 0.05) is 0 Å². The van der Waals surface area contributed by atoms with Crippen LogP contribution in [0, 0.1) is 0 Å². The number of benzene rings is 3. The molecule has 0 bridgehead atoms. The molecule has 0 spiro atoms. The molecule has 0 saturated carbocycles. The molecule has 3 aromatic carbocycles. The van der Waals surface area contributed by atoms with Crippen molar-refractivity contribution in [2.24, 2.45) is 0 Å². The minimum Gasteiger partial charge on any atom is -0.490 e. The Bertz CT molecular complexity index is 972. The van der Waals surface area contributed by atoms with Crippen molar-refractivity contribution in [3.05, 3.63) is 77.9 Å². The number of hydrogen-bond donors (Lipinski definition) is 0. The van der Waals surface area contributed by atoms with Gasteiger partial charge in [0.15, 0.2) is 11.5 Å². The average molecular weight is 437 g/mol. The van der Waals surface area contributed by atoms with Gasteiger partial charge in [0.25, 0.3) is 0 Å². The van der Waals surface area contributed by atoms with Gasteiger partial charge in [-0.15, -0.1) is 0 Å². The summed E-state index contributed by atoms with van der Waals surface area (Å²) in [6.07, 6.45) is 0. The van der Waals surface area contributed by atoms with Crippen molar-refractivity contribution in [2.45, 2.75) is 27.4 Å². The SMILES string of the molecule is CCOc1cc(C(=O)Oc2ccc(OCc3ccccc3)cc2)cc(OCC)c1OCC. The highest BCUT2D eigenvalue weighted by Gasteiger charge is 2.19. The molecular weight excluding hydrogens is 408 g/mol. The van der Waals surface area contributed by atoms with E-state index in [4.69, 9.17) is 23.7 Å². The van der Waals surface area contributed by atoms with Crippen LogP contribution in [0.2, 0.25) is 0 Å². The molecule has 6 nitrogen and oxygen atoms in total. The fourth-order valence-electron chi connectivity index (χ4n) is 3.02. The van der Waals surface area contributed by atoms with Crippen molar-refractivity contribution in [3.63, 3.8) is 0 Å². The average Bonchev–Trinajstić information content (AvgIpc) is 2.81. The van der Waals surface area contributed by atoms with Crippen LogP contribution in [0.1, 0.15) is 36.7 Å². The molecule has 0 aliphatic heterocycles. The lowest BCUT2D eigenvalue weighted by molar-refractivity contribution is 0.0733. The molecule has 168 valence electrons. The van der Waals surface area contributed by atoms with Gasteiger partial charge in [0.05, 0.1) is 25.4 Å². The van der Waals surface area contributed by atoms with E-state index in [-0.39, 0.29) is 0 Å². The number of carbonyl (C=O) groups is 1. The molecule has 0 heterocycles. The van der Waals surface area contributed by atoms with Crippen molar-refractivity contribution < 1.29 is 28.5 Å². The summed E-state index contributed by atoms with van der Waals surface area (Å²) in [7, 11) is 0. The van der Waals surface area contributed by atoms with E-state index in [1.54, 1.807) is 36.4 Å². The molecular formula is C26H28O6. The van der Waals surface area contributed by atoms with Gasteiger partial charge in [0.1, 0.15) is 18.1 Å². The second-order valence-corrected chi connectivity index (χ2v) is 6.74. The Morgan fingerprint density at radius 1 is 0.688 bits per heavy atom. The van der Waals surface area contributed by atoms with E-state index in [2.05, 4.69) is 0 Å². The first-order valence-electron chi connectivity index (χ1n) is 10.7. The molecule has 3 rings (SSSR count). The zero-order chi connectivity index (χ0) is 22.8. The second-order valence-electron chi connectivity index (χ2n) is 6.74. The largest absolute Gasteiger partial charge is 0.490 e. The molecule has 0 unspecified atom stereocenters. The van der Waals surface area contributed by atoms with Crippen LogP contribution in [0.25, 0.3) is 0 Å². The summed E-state index contributed by atoms with van der Waals surface area (Å²) in [4.78, 5) is 12.8. The highest BCUT2D eigenvalue weighted by molar-refractivity contribution is 5.92. The maximum absolute atomic E-state index is 12.8. The smallest absolute Gasteiger partial charge is 0.343 e. The van der Waals surface area contributed by atoms with Crippen molar-refractivity contribution in [1.82, 2.24) is 0 Å². The van der Waals surface area contributed by atoms with Gasteiger partial charge in [-0.1, -0.05) is 30.3 Å². The zero-order valence-corrected chi connectivity index (χ0v) is 18.6. The van der Waals surface area contributed by atoms with E-state index in [0.29, 0.717) is 60.7 Å². The summed E-state index contributed by atoms with van der Waals surface area (Å²) >= 11 is 0. The van der Waals surface area contributed by atoms with Crippen molar-refractivity contribution in [1.29, 1.82) is 0 Å². The predicted molar refractivity (Wildman–Crippen MR) is 122 cm³/mol. The molecule has 0 aliphatic rings. The quantitative estimate of drug-likeness (QED) is 0.285. The standard InChI is InChI=1S/C26H28O6/c1-4-28-23-16-20(17-24(29-5-2)25(23)30-6-3)26(27)32-22-14-12-21(13-15-22)31-18-19-10-8-7-9-11-19/h7-17H,4-6,18H2,1-3H3. The maximum Gasteiger partial charge on any atom is 0.343 e. The van der Waals surface area contributed by atoms with Crippen LogP contribution >= 0.6 is 0 Å². The molecule has 0 aromatic heterocycles.